The summed E-state index contributed by atoms with van der Waals surface area (Å²) in [7, 11) is 0. The zero-order valence-electron chi connectivity index (χ0n) is 21.2. The van der Waals surface area contributed by atoms with Gasteiger partial charge in [0.05, 0.1) is 10.3 Å². The number of thioether (sulfide) groups is 1. The van der Waals surface area contributed by atoms with Gasteiger partial charge in [-0.05, 0) is 35.0 Å². The molecule has 0 amide bonds. The van der Waals surface area contributed by atoms with Gasteiger partial charge >= 0.3 is 0 Å². The average Bonchev–Trinajstić information content (AvgIpc) is 2.74. The van der Waals surface area contributed by atoms with Gasteiger partial charge < -0.3 is 9.84 Å². The monoisotopic (exact) mass is 498 g/mol. The Bertz CT molecular complexity index is 963. The molecule has 3 rings (SSSR count). The summed E-state index contributed by atoms with van der Waals surface area (Å²) in [5.41, 5.74) is 2.04. The Morgan fingerprint density at radius 2 is 1.74 bits per heavy atom. The van der Waals surface area contributed by atoms with Crippen molar-refractivity contribution in [3.8, 4) is 0 Å². The maximum atomic E-state index is 13.0. The minimum atomic E-state index is -0.679. The highest BCUT2D eigenvalue weighted by molar-refractivity contribution is 8.25. The van der Waals surface area contributed by atoms with Crippen molar-refractivity contribution in [3.05, 3.63) is 66.0 Å². The predicted molar refractivity (Wildman–Crippen MR) is 148 cm³/mol. The van der Waals surface area contributed by atoms with Gasteiger partial charge in [-0.2, -0.15) is 0 Å². The van der Waals surface area contributed by atoms with Gasteiger partial charge in [-0.3, -0.25) is 4.79 Å². The first-order valence-electron chi connectivity index (χ1n) is 12.1. The van der Waals surface area contributed by atoms with Crippen LogP contribution in [0.25, 0.3) is 5.57 Å². The van der Waals surface area contributed by atoms with E-state index < -0.39 is 6.10 Å². The molecular weight excluding hydrogens is 460 g/mol. The van der Waals surface area contributed by atoms with Crippen molar-refractivity contribution in [2.24, 2.45) is 22.7 Å². The van der Waals surface area contributed by atoms with Crippen LogP contribution < -0.4 is 0 Å². The first-order valence-corrected chi connectivity index (χ1v) is 13.4. The Balaban J connectivity index is 1.53. The lowest BCUT2D eigenvalue weighted by atomic mass is 9.64. The topological polar surface area (TPSA) is 46.5 Å². The van der Waals surface area contributed by atoms with Gasteiger partial charge in [0.15, 0.2) is 0 Å². The molecule has 1 N–H and O–H groups in total. The van der Waals surface area contributed by atoms with Crippen LogP contribution in [0.4, 0.5) is 0 Å². The fourth-order valence-corrected chi connectivity index (χ4v) is 6.88. The summed E-state index contributed by atoms with van der Waals surface area (Å²) >= 11 is 7.36. The van der Waals surface area contributed by atoms with Gasteiger partial charge in [0.2, 0.25) is 0 Å². The normalized spacial score (nSPS) is 21.6. The smallest absolute Gasteiger partial charge is 0.137 e. The van der Waals surface area contributed by atoms with Crippen LogP contribution in [0, 0.1) is 22.7 Å². The number of Topliss-reactive ketones (excluding diaryl/α,β-unsaturated/α-hetero) is 1. The van der Waals surface area contributed by atoms with E-state index in [1.165, 1.54) is 0 Å². The number of carbonyl (C=O) groups is 1. The van der Waals surface area contributed by atoms with Crippen molar-refractivity contribution in [3.63, 3.8) is 0 Å². The summed E-state index contributed by atoms with van der Waals surface area (Å²) in [5, 5.41) is 10.7. The number of fused-ring (bicyclic) bond motifs is 1. The van der Waals surface area contributed by atoms with Gasteiger partial charge in [0, 0.05) is 29.1 Å². The first-order chi connectivity index (χ1) is 15.9. The van der Waals surface area contributed by atoms with E-state index in [1.807, 2.05) is 24.3 Å². The fourth-order valence-electron chi connectivity index (χ4n) is 5.28. The van der Waals surface area contributed by atoms with Crippen molar-refractivity contribution in [2.45, 2.75) is 65.7 Å². The maximum Gasteiger partial charge on any atom is 0.137 e. The van der Waals surface area contributed by atoms with Crippen LogP contribution in [0.1, 0.15) is 59.9 Å². The summed E-state index contributed by atoms with van der Waals surface area (Å²) in [6, 6.07) is 10.3. The number of allylic oxidation sites excluding steroid dienone is 3. The Labute approximate surface area is 214 Å². The predicted octanol–water partition coefficient (Wildman–Crippen LogP) is 7.02. The Hall–Kier alpha value is -1.69. The number of hydrogen-bond donors (Lipinski definition) is 1. The quantitative estimate of drug-likeness (QED) is 0.390. The highest BCUT2D eigenvalue weighted by Crippen LogP contribution is 2.42. The molecule has 0 fully saturated rings. The number of thiocarbonyl (C=S) groups is 1. The highest BCUT2D eigenvalue weighted by atomic mass is 32.2. The zero-order chi connectivity index (χ0) is 25.1. The van der Waals surface area contributed by atoms with E-state index in [4.69, 9.17) is 17.0 Å². The third-order valence-electron chi connectivity index (χ3n) is 6.32. The molecule has 1 aromatic rings. The lowest BCUT2D eigenvalue weighted by Gasteiger charge is -2.39. The number of benzene rings is 1. The van der Waals surface area contributed by atoms with E-state index in [-0.39, 0.29) is 40.3 Å². The second-order valence-corrected chi connectivity index (χ2v) is 13.3. The van der Waals surface area contributed by atoms with Crippen LogP contribution in [0.15, 0.2) is 60.4 Å². The molecule has 3 nitrogen and oxygen atoms in total. The van der Waals surface area contributed by atoms with E-state index in [0.29, 0.717) is 12.8 Å². The minimum absolute atomic E-state index is 0.0602. The average molecular weight is 499 g/mol. The summed E-state index contributed by atoms with van der Waals surface area (Å²) in [4.78, 5) is 13.0. The van der Waals surface area contributed by atoms with Crippen LogP contribution in [0.3, 0.4) is 0 Å². The third kappa shape index (κ3) is 6.93. The number of rotatable bonds is 8. The first kappa shape index (κ1) is 26.9. The summed E-state index contributed by atoms with van der Waals surface area (Å²) in [6.45, 7) is 12.9. The molecule has 0 spiro atoms. The van der Waals surface area contributed by atoms with E-state index in [1.54, 1.807) is 11.8 Å². The molecule has 1 aliphatic carbocycles. The molecule has 0 aromatic heterocycles. The van der Waals surface area contributed by atoms with Gasteiger partial charge in [-0.15, -0.1) is 11.8 Å². The molecule has 2 aliphatic rings. The summed E-state index contributed by atoms with van der Waals surface area (Å²) in [5.74, 6) is 1.16. The van der Waals surface area contributed by atoms with E-state index in [2.05, 4.69) is 71.9 Å². The molecule has 1 aliphatic heterocycles. The Kier molecular flexibility index (Phi) is 8.65. The maximum absolute atomic E-state index is 13.0. The summed E-state index contributed by atoms with van der Waals surface area (Å²) in [6.07, 6.45) is 8.54. The minimum Gasteiger partial charge on any atom is -0.491 e. The molecule has 5 heteroatoms. The molecule has 3 atom stereocenters. The van der Waals surface area contributed by atoms with E-state index in [0.717, 1.165) is 21.1 Å². The number of aliphatic hydroxyl groups excluding tert-OH is 1. The molecular formula is C29H38O3S2. The van der Waals surface area contributed by atoms with E-state index >= 15 is 0 Å². The largest absolute Gasteiger partial charge is 0.491 e. The second kappa shape index (κ2) is 10.9. The zero-order valence-corrected chi connectivity index (χ0v) is 22.8. The van der Waals surface area contributed by atoms with Gasteiger partial charge in [-0.1, -0.05) is 96.2 Å². The van der Waals surface area contributed by atoms with Crippen molar-refractivity contribution in [2.75, 3.05) is 6.61 Å². The SMILES string of the molecule is CC(C)(C)C(C(=O)CCC(O)COC1=CC2SC(=S)C(c3ccccc3)=CC2C=C1)C(C)(C)C. The van der Waals surface area contributed by atoms with Gasteiger partial charge in [0.1, 0.15) is 18.1 Å². The Morgan fingerprint density at radius 3 is 2.35 bits per heavy atom. The third-order valence-corrected chi connectivity index (χ3v) is 7.98. The molecule has 0 saturated carbocycles. The molecule has 0 saturated heterocycles. The molecule has 1 aromatic carbocycles. The number of aliphatic hydroxyl groups is 1. The van der Waals surface area contributed by atoms with Crippen molar-refractivity contribution >= 4 is 39.5 Å². The van der Waals surface area contributed by atoms with Crippen LogP contribution in [-0.4, -0.2) is 33.0 Å². The molecule has 1 heterocycles. The summed E-state index contributed by atoms with van der Waals surface area (Å²) < 4.78 is 6.80. The molecule has 34 heavy (non-hydrogen) atoms. The van der Waals surface area contributed by atoms with E-state index in [9.17, 15) is 9.90 Å². The van der Waals surface area contributed by atoms with Crippen LogP contribution >= 0.6 is 24.0 Å². The number of ketones is 1. The fraction of sp³-hybridized carbons (Fsp3) is 0.517. The molecule has 0 bridgehead atoms. The van der Waals surface area contributed by atoms with Gasteiger partial charge in [0.25, 0.3) is 0 Å². The van der Waals surface area contributed by atoms with Gasteiger partial charge in [-0.25, -0.2) is 0 Å². The van der Waals surface area contributed by atoms with Crippen LogP contribution in [0.5, 0.6) is 0 Å². The van der Waals surface area contributed by atoms with Crippen molar-refractivity contribution in [1.29, 1.82) is 0 Å². The number of ether oxygens (including phenoxy) is 1. The molecule has 3 unspecified atom stereocenters. The molecule has 0 radical (unpaired) electrons. The Morgan fingerprint density at radius 1 is 1.09 bits per heavy atom. The second-order valence-electron chi connectivity index (χ2n) is 11.5. The highest BCUT2D eigenvalue weighted by Gasteiger charge is 2.39. The van der Waals surface area contributed by atoms with Crippen LogP contribution in [0.2, 0.25) is 0 Å². The number of carbonyl (C=O) groups excluding carboxylic acids is 1. The number of hydrogen-bond acceptors (Lipinski definition) is 5. The van der Waals surface area contributed by atoms with Crippen LogP contribution in [-0.2, 0) is 9.53 Å². The lowest BCUT2D eigenvalue weighted by molar-refractivity contribution is -0.131. The molecule has 184 valence electrons. The van der Waals surface area contributed by atoms with Crippen molar-refractivity contribution in [1.82, 2.24) is 0 Å². The lowest BCUT2D eigenvalue weighted by Crippen LogP contribution is -2.39. The standard InChI is InChI=1S/C29H38O3S2/c1-28(2,3)26(29(4,5)6)24(31)15-13-21(30)18-32-22-14-12-20-16-23(19-10-8-7-9-11-19)27(33)34-25(20)17-22/h7-12,14,16-17,20-21,25-26,30H,13,15,18H2,1-6H3. The van der Waals surface area contributed by atoms with Crippen molar-refractivity contribution < 1.29 is 14.6 Å².